The van der Waals surface area contributed by atoms with Crippen LogP contribution in [-0.4, -0.2) is 20.3 Å². The van der Waals surface area contributed by atoms with Crippen molar-refractivity contribution < 1.29 is 9.72 Å². The number of aromatic nitrogens is 2. The number of para-hydroxylation sites is 2. The number of carbonyl (C=O) groups excluding carboxylic acids is 1. The first-order valence-electron chi connectivity index (χ1n) is 8.17. The minimum Gasteiger partial charge on any atom is -0.329 e. The van der Waals surface area contributed by atoms with Gasteiger partial charge in [0.05, 0.1) is 22.0 Å². The lowest BCUT2D eigenvalue weighted by atomic mass is 9.92. The van der Waals surface area contributed by atoms with Crippen molar-refractivity contribution in [2.45, 2.75) is 19.9 Å². The maximum Gasteiger partial charge on any atom is 0.269 e. The third-order valence-corrected chi connectivity index (χ3v) is 4.61. The number of allylic oxidation sites excluding steroid dienone is 2. The van der Waals surface area contributed by atoms with Gasteiger partial charge in [-0.1, -0.05) is 24.3 Å². The minimum atomic E-state index is -0.476. The lowest BCUT2D eigenvalue weighted by Gasteiger charge is -2.30. The number of nitrogens with one attached hydrogen (secondary N) is 1. The summed E-state index contributed by atoms with van der Waals surface area (Å²) in [7, 11) is 0. The molecule has 1 aliphatic rings. The zero-order chi connectivity index (χ0) is 18.4. The second kappa shape index (κ2) is 5.80. The van der Waals surface area contributed by atoms with Crippen LogP contribution in [0.4, 0.5) is 11.6 Å². The first-order chi connectivity index (χ1) is 12.5. The van der Waals surface area contributed by atoms with E-state index in [1.165, 1.54) is 19.1 Å². The molecule has 4 rings (SSSR count). The summed E-state index contributed by atoms with van der Waals surface area (Å²) in [6, 6.07) is 13.6. The molecule has 7 heteroatoms. The van der Waals surface area contributed by atoms with E-state index in [4.69, 9.17) is 0 Å². The number of Topliss-reactive ketones (excluding diaryl/α,β-unsaturated/α-hetero) is 1. The Kier molecular flexibility index (Phi) is 3.57. The molecule has 0 saturated heterocycles. The summed E-state index contributed by atoms with van der Waals surface area (Å²) in [6.45, 7) is 3.33. The molecule has 3 aromatic rings. The Balaban J connectivity index is 2.02. The summed E-state index contributed by atoms with van der Waals surface area (Å²) in [4.78, 5) is 27.8. The molecule has 1 aliphatic heterocycles. The third-order valence-electron chi connectivity index (χ3n) is 4.61. The van der Waals surface area contributed by atoms with Crippen molar-refractivity contribution in [3.05, 3.63) is 75.5 Å². The number of nitro groups is 1. The molecule has 0 saturated carbocycles. The molecule has 0 aliphatic carbocycles. The van der Waals surface area contributed by atoms with Gasteiger partial charge in [-0.25, -0.2) is 4.98 Å². The molecule has 0 bridgehead atoms. The Morgan fingerprint density at radius 2 is 2.00 bits per heavy atom. The summed E-state index contributed by atoms with van der Waals surface area (Å²) < 4.78 is 1.93. The number of imidazole rings is 1. The second-order valence-electron chi connectivity index (χ2n) is 6.27. The van der Waals surface area contributed by atoms with Crippen LogP contribution in [0.25, 0.3) is 11.0 Å². The average Bonchev–Trinajstić information content (AvgIpc) is 2.98. The number of rotatable bonds is 3. The van der Waals surface area contributed by atoms with Crippen molar-refractivity contribution in [3.63, 3.8) is 0 Å². The highest BCUT2D eigenvalue weighted by Gasteiger charge is 2.33. The van der Waals surface area contributed by atoms with Crippen LogP contribution in [0.5, 0.6) is 0 Å². The van der Waals surface area contributed by atoms with E-state index in [0.29, 0.717) is 22.8 Å². The molecular weight excluding hydrogens is 332 g/mol. The zero-order valence-electron chi connectivity index (χ0n) is 14.3. The van der Waals surface area contributed by atoms with Gasteiger partial charge in [0.2, 0.25) is 5.95 Å². The molecule has 0 amide bonds. The van der Waals surface area contributed by atoms with Crippen LogP contribution in [0.15, 0.2) is 59.8 Å². The van der Waals surface area contributed by atoms with Crippen molar-refractivity contribution in [1.82, 2.24) is 9.55 Å². The normalized spacial score (nSPS) is 16.3. The number of ketones is 1. The van der Waals surface area contributed by atoms with Crippen LogP contribution < -0.4 is 5.32 Å². The quantitative estimate of drug-likeness (QED) is 0.574. The molecule has 1 aromatic heterocycles. The summed E-state index contributed by atoms with van der Waals surface area (Å²) in [5, 5.41) is 14.4. The van der Waals surface area contributed by atoms with Gasteiger partial charge >= 0.3 is 0 Å². The topological polar surface area (TPSA) is 90.1 Å². The number of non-ortho nitro benzene ring substituents is 1. The van der Waals surface area contributed by atoms with Crippen molar-refractivity contribution in [3.8, 4) is 0 Å². The van der Waals surface area contributed by atoms with Crippen molar-refractivity contribution in [1.29, 1.82) is 0 Å². The minimum absolute atomic E-state index is 0.00689. The van der Waals surface area contributed by atoms with Gasteiger partial charge < -0.3 is 5.32 Å². The van der Waals surface area contributed by atoms with E-state index in [0.717, 1.165) is 11.0 Å². The number of nitrogens with zero attached hydrogens (tertiary/aromatic N) is 3. The smallest absolute Gasteiger partial charge is 0.269 e. The third kappa shape index (κ3) is 2.36. The largest absolute Gasteiger partial charge is 0.329 e. The van der Waals surface area contributed by atoms with Crippen LogP contribution in [0.2, 0.25) is 0 Å². The molecule has 1 N–H and O–H groups in total. The van der Waals surface area contributed by atoms with E-state index in [1.54, 1.807) is 12.1 Å². The molecular formula is C19H16N4O3. The predicted molar refractivity (Wildman–Crippen MR) is 98.0 cm³/mol. The van der Waals surface area contributed by atoms with Crippen molar-refractivity contribution in [2.24, 2.45) is 0 Å². The van der Waals surface area contributed by atoms with E-state index >= 15 is 0 Å². The van der Waals surface area contributed by atoms with E-state index < -0.39 is 11.0 Å². The highest BCUT2D eigenvalue weighted by atomic mass is 16.6. The molecule has 2 aromatic carbocycles. The van der Waals surface area contributed by atoms with Crippen LogP contribution in [0.1, 0.15) is 25.5 Å². The van der Waals surface area contributed by atoms with E-state index in [1.807, 2.05) is 35.8 Å². The van der Waals surface area contributed by atoms with Crippen LogP contribution >= 0.6 is 0 Å². The van der Waals surface area contributed by atoms with Gasteiger partial charge in [-0.2, -0.15) is 0 Å². The molecule has 1 unspecified atom stereocenters. The van der Waals surface area contributed by atoms with Gasteiger partial charge in [-0.3, -0.25) is 19.5 Å². The highest BCUT2D eigenvalue weighted by molar-refractivity contribution is 5.97. The molecule has 26 heavy (non-hydrogen) atoms. The fourth-order valence-corrected chi connectivity index (χ4v) is 3.54. The molecule has 130 valence electrons. The Morgan fingerprint density at radius 3 is 2.73 bits per heavy atom. The first-order valence-corrected chi connectivity index (χ1v) is 8.17. The van der Waals surface area contributed by atoms with E-state index in [9.17, 15) is 14.9 Å². The fourth-order valence-electron chi connectivity index (χ4n) is 3.54. The molecule has 0 fully saturated rings. The van der Waals surface area contributed by atoms with Crippen LogP contribution in [-0.2, 0) is 4.79 Å². The molecule has 2 heterocycles. The highest BCUT2D eigenvalue weighted by Crippen LogP contribution is 2.39. The lowest BCUT2D eigenvalue weighted by molar-refractivity contribution is -0.384. The summed E-state index contributed by atoms with van der Waals surface area (Å²) in [5.74, 6) is 0.528. The van der Waals surface area contributed by atoms with E-state index in [-0.39, 0.29) is 11.5 Å². The predicted octanol–water partition coefficient (Wildman–Crippen LogP) is 3.82. The van der Waals surface area contributed by atoms with Crippen LogP contribution in [0.3, 0.4) is 0 Å². The maximum atomic E-state index is 12.4. The average molecular weight is 348 g/mol. The van der Waals surface area contributed by atoms with Gasteiger partial charge in [0.15, 0.2) is 5.78 Å². The van der Waals surface area contributed by atoms with Gasteiger partial charge in [-0.05, 0) is 31.5 Å². The summed E-state index contributed by atoms with van der Waals surface area (Å²) in [5.41, 5.74) is 3.60. The second-order valence-corrected chi connectivity index (χ2v) is 6.27. The summed E-state index contributed by atoms with van der Waals surface area (Å²) in [6.07, 6.45) is 0. The molecule has 1 atom stereocenters. The zero-order valence-corrected chi connectivity index (χ0v) is 14.3. The van der Waals surface area contributed by atoms with Gasteiger partial charge in [0.1, 0.15) is 0 Å². The maximum absolute atomic E-state index is 12.4. The molecule has 0 spiro atoms. The van der Waals surface area contributed by atoms with Crippen LogP contribution in [0, 0.1) is 10.1 Å². The SMILES string of the molecule is CC(=O)C1=C(C)Nc2nc3ccccc3n2C1c1cccc([N+](=O)[O-])c1. The summed E-state index contributed by atoms with van der Waals surface area (Å²) >= 11 is 0. The number of anilines is 1. The van der Waals surface area contributed by atoms with Crippen molar-refractivity contribution in [2.75, 3.05) is 5.32 Å². The fraction of sp³-hybridized carbons (Fsp3) is 0.158. The Bertz CT molecular complexity index is 1100. The molecule has 0 radical (unpaired) electrons. The Hall–Kier alpha value is -3.48. The standard InChI is InChI=1S/C19H16N4O3/c1-11-17(12(2)24)18(13-6-5-7-14(10-13)23(25)26)22-16-9-4-3-8-15(16)21-19(22)20-11/h3-10,18H,1-2H3,(H,20,21). The van der Waals surface area contributed by atoms with Gasteiger partial charge in [-0.15, -0.1) is 0 Å². The number of fused-ring (bicyclic) bond motifs is 3. The Morgan fingerprint density at radius 1 is 1.23 bits per heavy atom. The number of nitro benzene ring substituents is 1. The number of carbonyl (C=O) groups is 1. The first kappa shape index (κ1) is 16.0. The number of hydrogen-bond acceptors (Lipinski definition) is 5. The molecule has 7 nitrogen and oxygen atoms in total. The van der Waals surface area contributed by atoms with Crippen molar-refractivity contribution >= 4 is 28.5 Å². The Labute approximate surface area is 149 Å². The lowest BCUT2D eigenvalue weighted by Crippen LogP contribution is -2.27. The number of hydrogen-bond donors (Lipinski definition) is 1. The van der Waals surface area contributed by atoms with Gasteiger partial charge in [0, 0.05) is 23.4 Å². The van der Waals surface area contributed by atoms with Gasteiger partial charge in [0.25, 0.3) is 5.69 Å². The number of benzene rings is 2. The monoisotopic (exact) mass is 348 g/mol. The van der Waals surface area contributed by atoms with E-state index in [2.05, 4.69) is 10.3 Å².